The van der Waals surface area contributed by atoms with Crippen LogP contribution in [0.15, 0.2) is 60.1 Å². The molecule has 0 saturated carbocycles. The van der Waals surface area contributed by atoms with E-state index in [1.54, 1.807) is 22.1 Å². The second-order valence-electron chi connectivity index (χ2n) is 7.69. The fourth-order valence-electron chi connectivity index (χ4n) is 3.65. The van der Waals surface area contributed by atoms with E-state index in [1.165, 1.54) is 0 Å². The van der Waals surface area contributed by atoms with Crippen molar-refractivity contribution in [3.8, 4) is 27.6 Å². The number of aliphatic hydroxyl groups is 1. The number of hydrogen-bond acceptors (Lipinski definition) is 7. The van der Waals surface area contributed by atoms with Crippen LogP contribution in [0.2, 0.25) is 0 Å². The molecule has 4 aromatic heterocycles. The van der Waals surface area contributed by atoms with Gasteiger partial charge in [-0.2, -0.15) is 5.10 Å². The predicted molar refractivity (Wildman–Crippen MR) is 126 cm³/mol. The zero-order chi connectivity index (χ0) is 22.2. The first-order valence-electron chi connectivity index (χ1n) is 10.3. The second kappa shape index (κ2) is 8.23. The number of rotatable bonds is 5. The molecule has 0 aliphatic heterocycles. The van der Waals surface area contributed by atoms with Crippen molar-refractivity contribution in [2.45, 2.75) is 26.5 Å². The van der Waals surface area contributed by atoms with Gasteiger partial charge in [-0.15, -0.1) is 11.3 Å². The number of fused-ring (bicyclic) bond motifs is 1. The molecule has 7 nitrogen and oxygen atoms in total. The minimum absolute atomic E-state index is 0.129. The Balaban J connectivity index is 1.77. The van der Waals surface area contributed by atoms with Crippen LogP contribution < -0.4 is 5.73 Å². The van der Waals surface area contributed by atoms with Gasteiger partial charge >= 0.3 is 0 Å². The number of nitrogens with zero attached hydrogens (tertiary/aromatic N) is 5. The molecule has 1 unspecified atom stereocenters. The standard InChI is InChI=1S/C24H22N6OS/c1-14-13-32-24(27-14)18-9-16(21-7-4-6-20(29-21)15(2)25)10-22-19(18)11-26-30(22)23-8-3-5-17(12-31)28-23/h3-11,13,15,31H,12,25H2,1-2H3. The van der Waals surface area contributed by atoms with Gasteiger partial charge in [0.25, 0.3) is 0 Å². The van der Waals surface area contributed by atoms with E-state index < -0.39 is 0 Å². The van der Waals surface area contributed by atoms with E-state index in [0.717, 1.165) is 44.1 Å². The molecule has 0 spiro atoms. The SMILES string of the molecule is Cc1csc(-c2cc(-c3cccc(C(C)N)n3)cc3c2cnn3-c2cccc(CO)n2)n1. The average molecular weight is 443 g/mol. The van der Waals surface area contributed by atoms with E-state index in [4.69, 9.17) is 15.7 Å². The summed E-state index contributed by atoms with van der Waals surface area (Å²) in [5.41, 5.74) is 12.1. The molecule has 160 valence electrons. The fraction of sp³-hybridized carbons (Fsp3) is 0.167. The van der Waals surface area contributed by atoms with Crippen molar-refractivity contribution in [3.63, 3.8) is 0 Å². The Morgan fingerprint density at radius 1 is 1.09 bits per heavy atom. The van der Waals surface area contributed by atoms with Gasteiger partial charge in [-0.25, -0.2) is 14.6 Å². The van der Waals surface area contributed by atoms with Gasteiger partial charge in [-0.1, -0.05) is 12.1 Å². The number of aryl methyl sites for hydroxylation is 1. The van der Waals surface area contributed by atoms with E-state index >= 15 is 0 Å². The Labute approximate surface area is 189 Å². The van der Waals surface area contributed by atoms with Gasteiger partial charge in [-0.3, -0.25) is 4.98 Å². The number of thiazole rings is 1. The van der Waals surface area contributed by atoms with E-state index in [-0.39, 0.29) is 12.6 Å². The molecule has 0 fully saturated rings. The highest BCUT2D eigenvalue weighted by Crippen LogP contribution is 2.36. The Morgan fingerprint density at radius 3 is 2.69 bits per heavy atom. The minimum Gasteiger partial charge on any atom is -0.390 e. The lowest BCUT2D eigenvalue weighted by Gasteiger charge is -2.11. The molecule has 0 radical (unpaired) electrons. The zero-order valence-electron chi connectivity index (χ0n) is 17.7. The second-order valence-corrected chi connectivity index (χ2v) is 8.55. The van der Waals surface area contributed by atoms with Crippen LogP contribution >= 0.6 is 11.3 Å². The van der Waals surface area contributed by atoms with Gasteiger partial charge in [0, 0.05) is 33.6 Å². The number of aromatic nitrogens is 5. The largest absolute Gasteiger partial charge is 0.390 e. The molecule has 1 atom stereocenters. The quantitative estimate of drug-likeness (QED) is 0.417. The first-order valence-corrected chi connectivity index (χ1v) is 11.2. The third kappa shape index (κ3) is 3.69. The lowest BCUT2D eigenvalue weighted by molar-refractivity contribution is 0.276. The van der Waals surface area contributed by atoms with Gasteiger partial charge in [0.05, 0.1) is 35.4 Å². The van der Waals surface area contributed by atoms with Crippen LogP contribution in [0.1, 0.15) is 30.0 Å². The third-order valence-electron chi connectivity index (χ3n) is 5.24. The summed E-state index contributed by atoms with van der Waals surface area (Å²) in [6, 6.07) is 15.4. The van der Waals surface area contributed by atoms with Crippen LogP contribution in [-0.4, -0.2) is 29.8 Å². The third-order valence-corrected chi connectivity index (χ3v) is 6.24. The van der Waals surface area contributed by atoms with E-state index in [9.17, 15) is 5.11 Å². The van der Waals surface area contributed by atoms with E-state index in [2.05, 4.69) is 22.2 Å². The summed E-state index contributed by atoms with van der Waals surface area (Å²) >= 11 is 1.60. The summed E-state index contributed by atoms with van der Waals surface area (Å²) in [7, 11) is 0. The Hall–Kier alpha value is -3.46. The van der Waals surface area contributed by atoms with Crippen molar-refractivity contribution in [1.29, 1.82) is 0 Å². The molecule has 5 rings (SSSR count). The molecule has 0 bridgehead atoms. The minimum atomic E-state index is -0.157. The van der Waals surface area contributed by atoms with Crippen molar-refractivity contribution in [1.82, 2.24) is 24.7 Å². The monoisotopic (exact) mass is 442 g/mol. The number of aliphatic hydroxyl groups excluding tert-OH is 1. The summed E-state index contributed by atoms with van der Waals surface area (Å²) in [6.45, 7) is 3.78. The molecule has 0 aliphatic rings. The predicted octanol–water partition coefficient (Wildman–Crippen LogP) is 4.43. The lowest BCUT2D eigenvalue weighted by Crippen LogP contribution is -2.07. The molecule has 1 aromatic carbocycles. The van der Waals surface area contributed by atoms with Crippen LogP contribution in [0, 0.1) is 6.92 Å². The van der Waals surface area contributed by atoms with E-state index in [0.29, 0.717) is 11.5 Å². The van der Waals surface area contributed by atoms with Gasteiger partial charge < -0.3 is 10.8 Å². The maximum atomic E-state index is 9.51. The van der Waals surface area contributed by atoms with Gasteiger partial charge in [-0.05, 0) is 50.2 Å². The summed E-state index contributed by atoms with van der Waals surface area (Å²) in [5.74, 6) is 0.641. The highest BCUT2D eigenvalue weighted by molar-refractivity contribution is 7.13. The van der Waals surface area contributed by atoms with Crippen molar-refractivity contribution < 1.29 is 5.11 Å². The van der Waals surface area contributed by atoms with Gasteiger partial charge in [0.15, 0.2) is 5.82 Å². The summed E-state index contributed by atoms with van der Waals surface area (Å²) < 4.78 is 1.79. The maximum Gasteiger partial charge on any atom is 0.154 e. The normalized spacial score (nSPS) is 12.4. The van der Waals surface area contributed by atoms with Crippen molar-refractivity contribution in [2.24, 2.45) is 5.73 Å². The highest BCUT2D eigenvalue weighted by atomic mass is 32.1. The van der Waals surface area contributed by atoms with Crippen LogP contribution in [0.5, 0.6) is 0 Å². The smallest absolute Gasteiger partial charge is 0.154 e. The number of pyridine rings is 2. The fourth-order valence-corrected chi connectivity index (χ4v) is 4.48. The summed E-state index contributed by atoms with van der Waals surface area (Å²) in [6.07, 6.45) is 1.84. The van der Waals surface area contributed by atoms with Crippen molar-refractivity contribution >= 4 is 22.2 Å². The molecular weight excluding hydrogens is 420 g/mol. The number of benzene rings is 1. The highest BCUT2D eigenvalue weighted by Gasteiger charge is 2.17. The van der Waals surface area contributed by atoms with Crippen LogP contribution in [0.3, 0.4) is 0 Å². The zero-order valence-corrected chi connectivity index (χ0v) is 18.5. The molecule has 8 heteroatoms. The van der Waals surface area contributed by atoms with E-state index in [1.807, 2.05) is 55.8 Å². The van der Waals surface area contributed by atoms with Crippen molar-refractivity contribution in [3.05, 3.63) is 77.2 Å². The number of hydrogen-bond donors (Lipinski definition) is 2. The Bertz CT molecular complexity index is 1420. The first-order chi connectivity index (χ1) is 15.5. The Morgan fingerprint density at radius 2 is 1.94 bits per heavy atom. The molecule has 0 amide bonds. The first kappa shape index (κ1) is 20.4. The van der Waals surface area contributed by atoms with Crippen LogP contribution in [0.4, 0.5) is 0 Å². The molecule has 4 heterocycles. The number of nitrogens with two attached hydrogens (primary N) is 1. The van der Waals surface area contributed by atoms with Gasteiger partial charge in [0.1, 0.15) is 5.01 Å². The molecule has 0 saturated heterocycles. The lowest BCUT2D eigenvalue weighted by atomic mass is 10.0. The summed E-state index contributed by atoms with van der Waals surface area (Å²) in [4.78, 5) is 14.0. The molecule has 5 aromatic rings. The maximum absolute atomic E-state index is 9.51. The molecular formula is C24H22N6OS. The van der Waals surface area contributed by atoms with Crippen LogP contribution in [-0.2, 0) is 6.61 Å². The molecule has 0 aliphatic carbocycles. The molecule has 3 N–H and O–H groups in total. The average Bonchev–Trinajstić information content (AvgIpc) is 3.45. The van der Waals surface area contributed by atoms with Crippen LogP contribution in [0.25, 0.3) is 38.5 Å². The topological polar surface area (TPSA) is 103 Å². The summed E-state index contributed by atoms with van der Waals surface area (Å²) in [5, 5.41) is 18.1. The Kier molecular flexibility index (Phi) is 5.26. The molecule has 32 heavy (non-hydrogen) atoms. The van der Waals surface area contributed by atoms with Crippen molar-refractivity contribution in [2.75, 3.05) is 0 Å². The van der Waals surface area contributed by atoms with Gasteiger partial charge in [0.2, 0.25) is 0 Å².